The lowest BCUT2D eigenvalue weighted by Crippen LogP contribution is -2.47. The number of alkyl halides is 3. The van der Waals surface area contributed by atoms with Crippen molar-refractivity contribution in [3.8, 4) is 5.75 Å². The first-order chi connectivity index (χ1) is 14.8. The third kappa shape index (κ3) is 6.38. The van der Waals surface area contributed by atoms with Crippen molar-refractivity contribution in [2.75, 3.05) is 27.3 Å². The number of aliphatic imine (C=N–C) groups is 1. The highest BCUT2D eigenvalue weighted by molar-refractivity contribution is 5.55. The smallest absolute Gasteiger partial charge is 0.423 e. The molecule has 0 aromatic heterocycles. The number of ether oxygens (including phenoxy) is 2. The number of benzene rings is 1. The number of methoxy groups -OCH3 is 1. The van der Waals surface area contributed by atoms with Gasteiger partial charge in [0.25, 0.3) is 0 Å². The Balaban J connectivity index is 2.29. The minimum atomic E-state index is -4.93. The molecule has 182 valence electrons. The second-order valence-electron chi connectivity index (χ2n) is 9.54. The molecule has 1 aromatic carbocycles. The maximum Gasteiger partial charge on any atom is 0.423 e. The van der Waals surface area contributed by atoms with E-state index >= 15 is 0 Å². The first-order valence-corrected chi connectivity index (χ1v) is 11.1. The van der Waals surface area contributed by atoms with E-state index in [0.29, 0.717) is 24.9 Å². The number of hydrogen-bond donors (Lipinski definition) is 1. The van der Waals surface area contributed by atoms with Crippen LogP contribution in [0.15, 0.2) is 17.1 Å². The monoisotopic (exact) mass is 458 g/mol. The molecule has 1 aliphatic rings. The van der Waals surface area contributed by atoms with E-state index < -0.39 is 18.4 Å². The molecule has 2 rings (SSSR count). The van der Waals surface area contributed by atoms with Crippen molar-refractivity contribution in [1.82, 2.24) is 4.90 Å². The van der Waals surface area contributed by atoms with Crippen LogP contribution >= 0.6 is 0 Å². The van der Waals surface area contributed by atoms with Crippen LogP contribution in [0.4, 0.5) is 13.2 Å². The summed E-state index contributed by atoms with van der Waals surface area (Å²) in [5.74, 6) is -0.0298. The zero-order valence-corrected chi connectivity index (χ0v) is 20.1. The van der Waals surface area contributed by atoms with Crippen LogP contribution in [0, 0.1) is 12.3 Å². The van der Waals surface area contributed by atoms with Crippen LogP contribution in [0.2, 0.25) is 0 Å². The quantitative estimate of drug-likeness (QED) is 0.407. The molecule has 1 N–H and O–H groups in total. The van der Waals surface area contributed by atoms with E-state index in [4.69, 9.17) is 9.47 Å². The van der Waals surface area contributed by atoms with E-state index in [1.807, 2.05) is 18.9 Å². The molecule has 0 saturated heterocycles. The third-order valence-electron chi connectivity index (χ3n) is 6.43. The van der Waals surface area contributed by atoms with E-state index in [1.165, 1.54) is 19.2 Å². The lowest BCUT2D eigenvalue weighted by molar-refractivity contribution is -0.286. The van der Waals surface area contributed by atoms with Gasteiger partial charge in [-0.25, -0.2) is 0 Å². The van der Waals surface area contributed by atoms with Crippen LogP contribution in [0.25, 0.3) is 0 Å². The van der Waals surface area contributed by atoms with Gasteiger partial charge in [-0.15, -0.1) is 0 Å². The van der Waals surface area contributed by atoms with Crippen LogP contribution in [-0.2, 0) is 16.9 Å². The molecule has 1 aromatic rings. The summed E-state index contributed by atoms with van der Waals surface area (Å²) in [5.41, 5.74) is -2.00. The number of rotatable bonds is 9. The van der Waals surface area contributed by atoms with E-state index in [-0.39, 0.29) is 22.8 Å². The van der Waals surface area contributed by atoms with Gasteiger partial charge in [0.1, 0.15) is 5.75 Å². The fourth-order valence-corrected chi connectivity index (χ4v) is 3.84. The highest BCUT2D eigenvalue weighted by Gasteiger charge is 2.57. The number of nitrogens with zero attached hydrogens (tertiary/aromatic N) is 2. The second-order valence-corrected chi connectivity index (χ2v) is 9.54. The van der Waals surface area contributed by atoms with Crippen molar-refractivity contribution in [2.24, 2.45) is 10.4 Å². The van der Waals surface area contributed by atoms with Gasteiger partial charge < -0.3 is 19.5 Å². The molecular weight excluding hydrogens is 421 g/mol. The van der Waals surface area contributed by atoms with Crippen LogP contribution in [0.3, 0.4) is 0 Å². The molecule has 1 atom stereocenters. The zero-order chi connectivity index (χ0) is 24.2. The first kappa shape index (κ1) is 26.5. The normalized spacial score (nSPS) is 19.2. The Hall–Kier alpha value is -1.80. The minimum Gasteiger partial charge on any atom is -0.496 e. The number of aliphatic hydroxyl groups is 1. The fourth-order valence-electron chi connectivity index (χ4n) is 3.84. The second kappa shape index (κ2) is 10.4. The summed E-state index contributed by atoms with van der Waals surface area (Å²) in [7, 11) is 3.18. The van der Waals surface area contributed by atoms with Gasteiger partial charge in [0.15, 0.2) is 0 Å². The number of aryl methyl sites for hydroxylation is 1. The summed E-state index contributed by atoms with van der Waals surface area (Å²) >= 11 is 0. The van der Waals surface area contributed by atoms with E-state index in [0.717, 1.165) is 24.9 Å². The molecule has 0 aliphatic heterocycles. The molecule has 32 heavy (non-hydrogen) atoms. The fraction of sp³-hybridized carbons (Fsp3) is 0.708. The van der Waals surface area contributed by atoms with Gasteiger partial charge in [0, 0.05) is 19.2 Å². The van der Waals surface area contributed by atoms with Gasteiger partial charge in [0.05, 0.1) is 32.7 Å². The molecular formula is C24H37F3N2O3. The Morgan fingerprint density at radius 2 is 1.88 bits per heavy atom. The van der Waals surface area contributed by atoms with Crippen molar-refractivity contribution >= 4 is 6.34 Å². The van der Waals surface area contributed by atoms with Gasteiger partial charge in [-0.2, -0.15) is 13.2 Å². The molecule has 1 saturated carbocycles. The lowest BCUT2D eigenvalue weighted by Gasteiger charge is -2.37. The van der Waals surface area contributed by atoms with Crippen molar-refractivity contribution in [1.29, 1.82) is 0 Å². The molecule has 1 unspecified atom stereocenters. The molecule has 0 heterocycles. The Morgan fingerprint density at radius 1 is 1.25 bits per heavy atom. The van der Waals surface area contributed by atoms with Gasteiger partial charge >= 0.3 is 6.18 Å². The molecule has 0 spiro atoms. The van der Waals surface area contributed by atoms with Gasteiger partial charge in [-0.1, -0.05) is 13.8 Å². The molecule has 1 fully saturated rings. The van der Waals surface area contributed by atoms with Crippen LogP contribution in [0.5, 0.6) is 5.75 Å². The standard InChI is InChI=1S/C24H37F3N2O3/c1-7-29(5)16-28-14-18-13-21(31-6)20(12-17(18)2)23(30,24(25,26)27)15-32-19-8-10-22(3,4)11-9-19/h12-13,16,19,30H,7-11,14-15H2,1-6H3. The Bertz CT molecular complexity index is 785. The van der Waals surface area contributed by atoms with E-state index in [1.54, 1.807) is 13.3 Å². The van der Waals surface area contributed by atoms with Crippen LogP contribution in [-0.4, -0.2) is 55.9 Å². The molecule has 0 amide bonds. The summed E-state index contributed by atoms with van der Waals surface area (Å²) in [6.45, 7) is 8.22. The molecule has 8 heteroatoms. The van der Waals surface area contributed by atoms with Crippen LogP contribution < -0.4 is 4.74 Å². The Kier molecular flexibility index (Phi) is 8.62. The predicted molar refractivity (Wildman–Crippen MR) is 120 cm³/mol. The molecule has 1 aliphatic carbocycles. The van der Waals surface area contributed by atoms with Gasteiger partial charge in [-0.3, -0.25) is 4.99 Å². The summed E-state index contributed by atoms with van der Waals surface area (Å²) in [6.07, 6.45) is -0.413. The summed E-state index contributed by atoms with van der Waals surface area (Å²) in [6, 6.07) is 2.86. The highest BCUT2D eigenvalue weighted by atomic mass is 19.4. The SMILES string of the molecule is CCN(C)C=NCc1cc(OC)c(C(O)(COC2CCC(C)(C)CC2)C(F)(F)F)cc1C. The van der Waals surface area contributed by atoms with Crippen molar-refractivity contribution in [3.05, 3.63) is 28.8 Å². The van der Waals surface area contributed by atoms with Gasteiger partial charge in [0.2, 0.25) is 5.60 Å². The predicted octanol–water partition coefficient (Wildman–Crippen LogP) is 5.22. The van der Waals surface area contributed by atoms with Crippen molar-refractivity contribution in [2.45, 2.75) is 77.8 Å². The molecule has 0 bridgehead atoms. The van der Waals surface area contributed by atoms with Crippen molar-refractivity contribution < 1.29 is 27.8 Å². The molecule has 5 nitrogen and oxygen atoms in total. The number of hydrogen-bond acceptors (Lipinski definition) is 4. The van der Waals surface area contributed by atoms with E-state index in [9.17, 15) is 18.3 Å². The summed E-state index contributed by atoms with van der Waals surface area (Å²) < 4.78 is 53.3. The largest absolute Gasteiger partial charge is 0.496 e. The maximum atomic E-state index is 14.1. The van der Waals surface area contributed by atoms with Gasteiger partial charge in [-0.05, 0) is 68.2 Å². The van der Waals surface area contributed by atoms with Crippen LogP contribution in [0.1, 0.15) is 63.1 Å². The summed E-state index contributed by atoms with van der Waals surface area (Å²) in [5, 5.41) is 10.9. The average Bonchev–Trinajstić information content (AvgIpc) is 2.72. The first-order valence-electron chi connectivity index (χ1n) is 11.1. The third-order valence-corrected chi connectivity index (χ3v) is 6.43. The lowest BCUT2D eigenvalue weighted by atomic mass is 9.76. The Labute approximate surface area is 189 Å². The topological polar surface area (TPSA) is 54.3 Å². The highest BCUT2D eigenvalue weighted by Crippen LogP contribution is 2.45. The van der Waals surface area contributed by atoms with Crippen molar-refractivity contribution in [3.63, 3.8) is 0 Å². The summed E-state index contributed by atoms with van der Waals surface area (Å²) in [4.78, 5) is 6.23. The maximum absolute atomic E-state index is 14.1. The number of halogens is 3. The Morgan fingerprint density at radius 3 is 2.41 bits per heavy atom. The average molecular weight is 459 g/mol. The zero-order valence-electron chi connectivity index (χ0n) is 20.1. The molecule has 0 radical (unpaired) electrons. The van der Waals surface area contributed by atoms with E-state index in [2.05, 4.69) is 18.8 Å². The minimum absolute atomic E-state index is 0.0298.